The second kappa shape index (κ2) is 6.20. The lowest BCUT2D eigenvalue weighted by Crippen LogP contribution is -2.05. The molecule has 7 nitrogen and oxygen atoms in total. The van der Waals surface area contributed by atoms with Crippen LogP contribution < -0.4 is 15.8 Å². The fraction of sp³-hybridized carbons (Fsp3) is 0.167. The molecule has 0 saturated carbocycles. The van der Waals surface area contributed by atoms with Crippen LogP contribution in [0.2, 0.25) is 0 Å². The Labute approximate surface area is 120 Å². The van der Waals surface area contributed by atoms with Gasteiger partial charge in [-0.15, -0.1) is 0 Å². The Morgan fingerprint density at radius 1 is 1.25 bits per heavy atom. The number of carbonyl (C=O) groups is 1. The molecule has 3 N–H and O–H groups in total. The average Bonchev–Trinajstić information content (AvgIpc) is 2.39. The fourth-order valence-corrected chi connectivity index (χ4v) is 2.15. The SMILES string of the molecule is COc1nc(N)nc(Sc2ccc(NC(C)=O)cc2)n1. The molecule has 0 saturated heterocycles. The summed E-state index contributed by atoms with van der Waals surface area (Å²) in [5.74, 6) is -0.00500. The molecule has 1 aromatic heterocycles. The zero-order valence-corrected chi connectivity index (χ0v) is 11.8. The zero-order valence-electron chi connectivity index (χ0n) is 11.0. The maximum atomic E-state index is 10.9. The zero-order chi connectivity index (χ0) is 14.5. The van der Waals surface area contributed by atoms with E-state index in [1.54, 1.807) is 12.1 Å². The normalized spacial score (nSPS) is 10.1. The summed E-state index contributed by atoms with van der Waals surface area (Å²) in [6.07, 6.45) is 0. The minimum absolute atomic E-state index is 0.106. The van der Waals surface area contributed by atoms with E-state index in [0.717, 1.165) is 10.6 Å². The van der Waals surface area contributed by atoms with E-state index in [1.165, 1.54) is 25.8 Å². The molecular weight excluding hydrogens is 278 g/mol. The van der Waals surface area contributed by atoms with Crippen LogP contribution in [0.3, 0.4) is 0 Å². The number of nitrogens with zero attached hydrogens (tertiary/aromatic N) is 3. The maximum absolute atomic E-state index is 10.9. The van der Waals surface area contributed by atoms with E-state index < -0.39 is 0 Å². The molecule has 104 valence electrons. The van der Waals surface area contributed by atoms with Crippen molar-refractivity contribution in [2.24, 2.45) is 0 Å². The molecule has 0 fully saturated rings. The van der Waals surface area contributed by atoms with Gasteiger partial charge in [-0.3, -0.25) is 4.79 Å². The van der Waals surface area contributed by atoms with Crippen LogP contribution >= 0.6 is 11.8 Å². The standard InChI is InChI=1S/C12H13N5O2S/c1-7(18)14-8-3-5-9(6-4-8)20-12-16-10(13)15-11(17-12)19-2/h3-6H,1-2H3,(H,14,18)(H2,13,15,16,17). The minimum Gasteiger partial charge on any atom is -0.467 e. The summed E-state index contributed by atoms with van der Waals surface area (Å²) in [7, 11) is 1.46. The highest BCUT2D eigenvalue weighted by atomic mass is 32.2. The quantitative estimate of drug-likeness (QED) is 0.881. The first-order valence-electron chi connectivity index (χ1n) is 5.68. The largest absolute Gasteiger partial charge is 0.467 e. The highest BCUT2D eigenvalue weighted by molar-refractivity contribution is 7.99. The number of nitrogens with one attached hydrogen (secondary N) is 1. The first-order chi connectivity index (χ1) is 9.56. The maximum Gasteiger partial charge on any atom is 0.321 e. The molecule has 0 spiro atoms. The Balaban J connectivity index is 2.13. The van der Waals surface area contributed by atoms with E-state index in [1.807, 2.05) is 12.1 Å². The average molecular weight is 291 g/mol. The van der Waals surface area contributed by atoms with E-state index >= 15 is 0 Å². The summed E-state index contributed by atoms with van der Waals surface area (Å²) in [6.45, 7) is 1.46. The van der Waals surface area contributed by atoms with Gasteiger partial charge in [0.1, 0.15) is 0 Å². The van der Waals surface area contributed by atoms with Crippen LogP contribution in [0.25, 0.3) is 0 Å². The summed E-state index contributed by atoms with van der Waals surface area (Å²) in [5.41, 5.74) is 6.30. The van der Waals surface area contributed by atoms with Gasteiger partial charge in [-0.1, -0.05) is 0 Å². The molecule has 2 rings (SSSR count). The van der Waals surface area contributed by atoms with Crippen LogP contribution in [0.4, 0.5) is 11.6 Å². The molecule has 0 aliphatic rings. The number of hydrogen-bond acceptors (Lipinski definition) is 7. The van der Waals surface area contributed by atoms with Gasteiger partial charge in [0.2, 0.25) is 17.0 Å². The number of anilines is 2. The van der Waals surface area contributed by atoms with Gasteiger partial charge in [0.05, 0.1) is 7.11 Å². The number of benzene rings is 1. The van der Waals surface area contributed by atoms with Crippen LogP contribution in [0.5, 0.6) is 6.01 Å². The molecule has 20 heavy (non-hydrogen) atoms. The predicted molar refractivity (Wildman–Crippen MR) is 75.7 cm³/mol. The third-order valence-corrected chi connectivity index (χ3v) is 3.05. The van der Waals surface area contributed by atoms with Gasteiger partial charge in [0.25, 0.3) is 0 Å². The Kier molecular flexibility index (Phi) is 4.36. The Bertz CT molecular complexity index is 618. The third-order valence-electron chi connectivity index (χ3n) is 2.18. The van der Waals surface area contributed by atoms with Gasteiger partial charge in [-0.05, 0) is 36.0 Å². The number of nitrogens with two attached hydrogens (primary N) is 1. The highest BCUT2D eigenvalue weighted by Crippen LogP contribution is 2.26. The molecule has 0 unspecified atom stereocenters. The van der Waals surface area contributed by atoms with Crippen molar-refractivity contribution in [2.75, 3.05) is 18.2 Å². The highest BCUT2D eigenvalue weighted by Gasteiger charge is 2.06. The van der Waals surface area contributed by atoms with Gasteiger partial charge in [0, 0.05) is 17.5 Å². The Morgan fingerprint density at radius 2 is 1.95 bits per heavy atom. The number of amides is 1. The van der Waals surface area contributed by atoms with Crippen LogP contribution in [0, 0.1) is 0 Å². The lowest BCUT2D eigenvalue weighted by atomic mass is 10.3. The number of rotatable bonds is 4. The molecule has 8 heteroatoms. The van der Waals surface area contributed by atoms with Crippen LogP contribution in [-0.2, 0) is 4.79 Å². The number of carbonyl (C=O) groups excluding carboxylic acids is 1. The van der Waals surface area contributed by atoms with E-state index in [9.17, 15) is 4.79 Å². The van der Waals surface area contributed by atoms with Crippen LogP contribution in [-0.4, -0.2) is 28.0 Å². The van der Waals surface area contributed by atoms with Gasteiger partial charge < -0.3 is 15.8 Å². The van der Waals surface area contributed by atoms with Gasteiger partial charge >= 0.3 is 6.01 Å². The van der Waals surface area contributed by atoms with E-state index in [0.29, 0.717) is 5.16 Å². The molecule has 0 aliphatic carbocycles. The van der Waals surface area contributed by atoms with E-state index in [4.69, 9.17) is 10.5 Å². The molecule has 0 aliphatic heterocycles. The summed E-state index contributed by atoms with van der Waals surface area (Å²) in [6, 6.07) is 7.47. The number of nitrogen functional groups attached to an aromatic ring is 1. The van der Waals surface area contributed by atoms with Gasteiger partial charge in [0.15, 0.2) is 0 Å². The topological polar surface area (TPSA) is 103 Å². The number of hydrogen-bond donors (Lipinski definition) is 2. The number of methoxy groups -OCH3 is 1. The smallest absolute Gasteiger partial charge is 0.321 e. The second-order valence-corrected chi connectivity index (χ2v) is 4.81. The molecule has 0 radical (unpaired) electrons. The number of ether oxygens (including phenoxy) is 1. The van der Waals surface area contributed by atoms with Gasteiger partial charge in [-0.2, -0.15) is 15.0 Å². The molecule has 0 bridgehead atoms. The monoisotopic (exact) mass is 291 g/mol. The molecule has 1 aromatic carbocycles. The van der Waals surface area contributed by atoms with Gasteiger partial charge in [-0.25, -0.2) is 0 Å². The van der Waals surface area contributed by atoms with Crippen molar-refractivity contribution in [2.45, 2.75) is 17.0 Å². The molecule has 0 atom stereocenters. The summed E-state index contributed by atoms with van der Waals surface area (Å²) < 4.78 is 4.93. The first kappa shape index (κ1) is 14.1. The molecule has 1 heterocycles. The lowest BCUT2D eigenvalue weighted by Gasteiger charge is -2.05. The molecule has 2 aromatic rings. The lowest BCUT2D eigenvalue weighted by molar-refractivity contribution is -0.114. The minimum atomic E-state index is -0.111. The predicted octanol–water partition coefficient (Wildman–Crippen LogP) is 1.57. The van der Waals surface area contributed by atoms with Crippen molar-refractivity contribution in [1.82, 2.24) is 15.0 Å². The summed E-state index contributed by atoms with van der Waals surface area (Å²) in [5, 5.41) is 3.14. The van der Waals surface area contributed by atoms with Crippen molar-refractivity contribution in [1.29, 1.82) is 0 Å². The van der Waals surface area contributed by atoms with Crippen molar-refractivity contribution < 1.29 is 9.53 Å². The first-order valence-corrected chi connectivity index (χ1v) is 6.49. The van der Waals surface area contributed by atoms with Crippen LogP contribution in [0.1, 0.15) is 6.92 Å². The van der Waals surface area contributed by atoms with E-state index in [2.05, 4.69) is 20.3 Å². The third kappa shape index (κ3) is 3.82. The van der Waals surface area contributed by atoms with Crippen molar-refractivity contribution in [3.8, 4) is 6.01 Å². The van der Waals surface area contributed by atoms with Crippen LogP contribution in [0.15, 0.2) is 34.3 Å². The Morgan fingerprint density at radius 3 is 2.55 bits per heavy atom. The Hall–Kier alpha value is -2.35. The fourth-order valence-electron chi connectivity index (χ4n) is 1.40. The van der Waals surface area contributed by atoms with Crippen molar-refractivity contribution in [3.05, 3.63) is 24.3 Å². The van der Waals surface area contributed by atoms with Crippen molar-refractivity contribution in [3.63, 3.8) is 0 Å². The number of aromatic nitrogens is 3. The summed E-state index contributed by atoms with van der Waals surface area (Å²) >= 11 is 1.32. The summed E-state index contributed by atoms with van der Waals surface area (Å²) in [4.78, 5) is 23.8. The van der Waals surface area contributed by atoms with Crippen molar-refractivity contribution >= 4 is 29.3 Å². The van der Waals surface area contributed by atoms with E-state index in [-0.39, 0.29) is 17.9 Å². The molecular formula is C12H13N5O2S. The molecule has 1 amide bonds. The second-order valence-electron chi connectivity index (χ2n) is 3.77.